The molecule has 16 heteroatoms. The molecule has 0 radical (unpaired) electrons. The standard InChI is InChI=1S/C90H52O8S8/c91-45-61-41-73(65(49-95)37-69(61)81-5-1-33-99-81)85-29-25-77(103-85)53-9-17-57(18-10-53)89(58-19-11-54(12-20-58)78-26-30-86(104-78)74-42-62(46-92)70(38-66(74)50-96)82-6-2-34-100-82)90(59-21-13-55(14-22-59)79-27-31-87(105-79)75-43-63(47-93)71(39-67(75)51-97)83-7-3-35-101-83)60-23-15-56(16-24-60)80-28-32-88(106-80)76-44-64(48-94)72(40-68(76)52-98)84-8-4-36-102-84/h1-52H. The lowest BCUT2D eigenvalue weighted by Crippen LogP contribution is -1.98. The molecule has 16 aromatic rings. The first-order valence-corrected chi connectivity index (χ1v) is 40.0. The maximum atomic E-state index is 12.8. The Labute approximate surface area is 641 Å². The predicted molar refractivity (Wildman–Crippen MR) is 442 cm³/mol. The van der Waals surface area contributed by atoms with Gasteiger partial charge in [0, 0.05) is 148 Å². The second kappa shape index (κ2) is 30.3. The molecule has 8 nitrogen and oxygen atoms in total. The van der Waals surface area contributed by atoms with E-state index in [9.17, 15) is 38.4 Å². The van der Waals surface area contributed by atoms with Gasteiger partial charge in [0.05, 0.1) is 0 Å². The van der Waals surface area contributed by atoms with Crippen molar-refractivity contribution in [2.24, 2.45) is 0 Å². The van der Waals surface area contributed by atoms with Crippen LogP contribution in [0.2, 0.25) is 0 Å². The number of benzene rings is 8. The lowest BCUT2D eigenvalue weighted by atomic mass is 9.84. The molecule has 8 aromatic heterocycles. The number of hydrogen-bond donors (Lipinski definition) is 0. The summed E-state index contributed by atoms with van der Waals surface area (Å²) >= 11 is 12.2. The molecule has 0 fully saturated rings. The van der Waals surface area contributed by atoms with E-state index in [0.29, 0.717) is 89.0 Å². The van der Waals surface area contributed by atoms with Crippen LogP contribution in [0, 0.1) is 0 Å². The van der Waals surface area contributed by atoms with Crippen LogP contribution in [0.3, 0.4) is 0 Å². The first kappa shape index (κ1) is 68.9. The SMILES string of the molecule is O=Cc1cc(-c2ccc(-c3ccc(C(=C(c4ccc(-c5ccc(-c6cc(C=O)c(-c7cccs7)cc6C=O)s5)cc4)c4ccc(-c5ccc(-c6cc(C=O)c(-c7cccs7)cc6C=O)s5)cc4)c4ccc(-c5ccc(-c6cc(C=O)c(-c7cccs7)cc6C=O)s5)cc4)cc3)s2)c(C=O)cc1-c1cccs1. The Morgan fingerprint density at radius 3 is 0.519 bits per heavy atom. The second-order valence-electron chi connectivity index (χ2n) is 24.7. The van der Waals surface area contributed by atoms with Gasteiger partial charge in [-0.2, -0.15) is 0 Å². The third kappa shape index (κ3) is 13.4. The van der Waals surface area contributed by atoms with E-state index in [2.05, 4.69) is 97.1 Å². The number of hydrogen-bond acceptors (Lipinski definition) is 16. The van der Waals surface area contributed by atoms with Gasteiger partial charge in [-0.15, -0.1) is 90.7 Å². The average Bonchev–Trinajstić information content (AvgIpc) is 1.81. The fraction of sp³-hybridized carbons (Fsp3) is 0. The first-order chi connectivity index (χ1) is 52.1. The molecular weight excluding hydrogens is 1470 g/mol. The van der Waals surface area contributed by atoms with Crippen LogP contribution in [0.25, 0.3) is 136 Å². The smallest absolute Gasteiger partial charge is 0.150 e. The molecule has 8 aromatic carbocycles. The largest absolute Gasteiger partial charge is 0.298 e. The molecule has 0 saturated carbocycles. The van der Waals surface area contributed by atoms with Gasteiger partial charge in [0.2, 0.25) is 0 Å². The number of thiophene rings is 8. The summed E-state index contributed by atoms with van der Waals surface area (Å²) in [5.41, 5.74) is 18.9. The lowest BCUT2D eigenvalue weighted by molar-refractivity contribution is 0.111. The molecule has 0 spiro atoms. The Bertz CT molecular complexity index is 5330. The van der Waals surface area contributed by atoms with E-state index >= 15 is 0 Å². The molecule has 0 amide bonds. The van der Waals surface area contributed by atoms with E-state index in [1.165, 1.54) is 90.7 Å². The highest BCUT2D eigenvalue weighted by molar-refractivity contribution is 7.20. The van der Waals surface area contributed by atoms with Crippen molar-refractivity contribution in [1.82, 2.24) is 0 Å². The quantitative estimate of drug-likeness (QED) is 0.0431. The summed E-state index contributed by atoms with van der Waals surface area (Å²) < 4.78 is 0. The maximum Gasteiger partial charge on any atom is 0.150 e. The van der Waals surface area contributed by atoms with Crippen LogP contribution in [-0.2, 0) is 0 Å². The minimum atomic E-state index is 0.489. The molecule has 508 valence electrons. The zero-order valence-corrected chi connectivity index (χ0v) is 62.1. The molecule has 0 aliphatic rings. The van der Waals surface area contributed by atoms with E-state index in [0.717, 1.165) is 164 Å². The van der Waals surface area contributed by atoms with Crippen molar-refractivity contribution in [3.8, 4) is 125 Å². The molecule has 0 bridgehead atoms. The van der Waals surface area contributed by atoms with Gasteiger partial charge < -0.3 is 0 Å². The minimum Gasteiger partial charge on any atom is -0.298 e. The topological polar surface area (TPSA) is 137 Å². The number of carbonyl (C=O) groups is 8. The van der Waals surface area contributed by atoms with Gasteiger partial charge in [-0.25, -0.2) is 0 Å². The van der Waals surface area contributed by atoms with Gasteiger partial charge in [0.15, 0.2) is 50.3 Å². The molecule has 0 atom stereocenters. The molecular formula is C90H52O8S8. The van der Waals surface area contributed by atoms with E-state index in [1.807, 2.05) is 143 Å². The Morgan fingerprint density at radius 1 is 0.189 bits per heavy atom. The summed E-state index contributed by atoms with van der Waals surface area (Å²) in [6, 6.07) is 80.1. The second-order valence-corrected chi connectivity index (χ2v) is 32.8. The zero-order valence-electron chi connectivity index (χ0n) is 55.6. The van der Waals surface area contributed by atoms with Gasteiger partial charge in [0.25, 0.3) is 0 Å². The van der Waals surface area contributed by atoms with Crippen molar-refractivity contribution in [3.63, 3.8) is 0 Å². The fourth-order valence-corrected chi connectivity index (χ4v) is 20.7. The number of rotatable bonds is 24. The average molecular weight is 1520 g/mol. The lowest BCUT2D eigenvalue weighted by Gasteiger charge is -2.19. The Hall–Kier alpha value is -11.5. The number of aldehydes is 8. The first-order valence-electron chi connectivity index (χ1n) is 33.2. The van der Waals surface area contributed by atoms with E-state index in [1.54, 1.807) is 24.3 Å². The summed E-state index contributed by atoms with van der Waals surface area (Å²) in [5, 5.41) is 7.78. The monoisotopic (exact) mass is 1520 g/mol. The third-order valence-electron chi connectivity index (χ3n) is 18.6. The van der Waals surface area contributed by atoms with Crippen LogP contribution in [0.15, 0.2) is 264 Å². The maximum absolute atomic E-state index is 12.8. The number of carbonyl (C=O) groups excluding carboxylic acids is 8. The summed E-state index contributed by atoms with van der Waals surface area (Å²) in [6.45, 7) is 0. The van der Waals surface area contributed by atoms with Gasteiger partial charge >= 0.3 is 0 Å². The fourth-order valence-electron chi connectivity index (χ4n) is 13.4. The summed E-state index contributed by atoms with van der Waals surface area (Å²) in [5.74, 6) is 0. The predicted octanol–water partition coefficient (Wildman–Crippen LogP) is 25.7. The highest BCUT2D eigenvalue weighted by Crippen LogP contribution is 2.47. The van der Waals surface area contributed by atoms with Gasteiger partial charge in [-0.3, -0.25) is 38.4 Å². The van der Waals surface area contributed by atoms with E-state index in [-0.39, 0.29) is 0 Å². The van der Waals surface area contributed by atoms with Crippen molar-refractivity contribution >= 4 is 152 Å². The van der Waals surface area contributed by atoms with Crippen LogP contribution in [0.4, 0.5) is 0 Å². The van der Waals surface area contributed by atoms with E-state index < -0.39 is 0 Å². The molecule has 8 heterocycles. The highest BCUT2D eigenvalue weighted by atomic mass is 32.1. The van der Waals surface area contributed by atoms with Crippen molar-refractivity contribution in [3.05, 3.63) is 331 Å². The van der Waals surface area contributed by atoms with Crippen molar-refractivity contribution in [2.45, 2.75) is 0 Å². The molecule has 0 N–H and O–H groups in total. The Balaban J connectivity index is 0.822. The zero-order chi connectivity index (χ0) is 72.4. The molecule has 0 aliphatic carbocycles. The minimum absolute atomic E-state index is 0.489. The molecule has 0 unspecified atom stereocenters. The van der Waals surface area contributed by atoms with Gasteiger partial charge in [-0.05, 0) is 199 Å². The van der Waals surface area contributed by atoms with E-state index in [4.69, 9.17) is 0 Å². The van der Waals surface area contributed by atoms with Crippen molar-refractivity contribution in [1.29, 1.82) is 0 Å². The Morgan fingerprint density at radius 2 is 0.358 bits per heavy atom. The third-order valence-corrected chi connectivity index (χ3v) is 26.9. The van der Waals surface area contributed by atoms with Crippen LogP contribution < -0.4 is 0 Å². The molecule has 106 heavy (non-hydrogen) atoms. The van der Waals surface area contributed by atoms with Crippen LogP contribution >= 0.6 is 90.7 Å². The normalized spacial score (nSPS) is 11.1. The molecule has 0 saturated heterocycles. The highest BCUT2D eigenvalue weighted by Gasteiger charge is 2.24. The van der Waals surface area contributed by atoms with Crippen LogP contribution in [0.1, 0.15) is 105 Å². The summed E-state index contributed by atoms with van der Waals surface area (Å²) in [7, 11) is 0. The Kier molecular flexibility index (Phi) is 19.7. The van der Waals surface area contributed by atoms with Crippen molar-refractivity contribution < 1.29 is 38.4 Å². The molecule has 16 rings (SSSR count). The van der Waals surface area contributed by atoms with Gasteiger partial charge in [0.1, 0.15) is 0 Å². The van der Waals surface area contributed by atoms with Crippen LogP contribution in [-0.4, -0.2) is 50.3 Å². The van der Waals surface area contributed by atoms with Crippen molar-refractivity contribution in [2.75, 3.05) is 0 Å². The van der Waals surface area contributed by atoms with Crippen LogP contribution in [0.5, 0.6) is 0 Å². The van der Waals surface area contributed by atoms with Gasteiger partial charge in [-0.1, -0.05) is 121 Å². The molecule has 0 aliphatic heterocycles. The summed E-state index contributed by atoms with van der Waals surface area (Å²) in [4.78, 5) is 112. The summed E-state index contributed by atoms with van der Waals surface area (Å²) in [6.07, 6.45) is 6.76.